The summed E-state index contributed by atoms with van der Waals surface area (Å²) in [6.07, 6.45) is 1.82. The number of rotatable bonds is 7. The maximum Gasteiger partial charge on any atom is 3.00 e. The van der Waals surface area contributed by atoms with Crippen LogP contribution in [-0.4, -0.2) is 4.98 Å². The van der Waals surface area contributed by atoms with Gasteiger partial charge in [0.2, 0.25) is 0 Å². The van der Waals surface area contributed by atoms with Crippen LogP contribution in [0.4, 0.5) is 0 Å². The van der Waals surface area contributed by atoms with E-state index in [9.17, 15) is 0 Å². The van der Waals surface area contributed by atoms with Crippen LogP contribution in [0.3, 0.4) is 0 Å². The van der Waals surface area contributed by atoms with E-state index in [0.717, 1.165) is 55.8 Å². The monoisotopic (exact) mass is 801 g/mol. The summed E-state index contributed by atoms with van der Waals surface area (Å²) in [6, 6.07) is 71.7. The average molecular weight is 801 g/mol. The van der Waals surface area contributed by atoms with E-state index in [2.05, 4.69) is 157 Å². The molecule has 8 aromatic rings. The van der Waals surface area contributed by atoms with Gasteiger partial charge in [0, 0.05) is 6.20 Å². The number of pyridine rings is 1. The van der Waals surface area contributed by atoms with Gasteiger partial charge < -0.3 is 4.98 Å². The Balaban J connectivity index is 0.00000378. The van der Waals surface area contributed by atoms with Gasteiger partial charge in [0.1, 0.15) is 0 Å². The number of hydrogen-bond acceptors (Lipinski definition) is 1. The molecule has 0 amide bonds. The zero-order valence-electron chi connectivity index (χ0n) is 26.6. The van der Waals surface area contributed by atoms with E-state index in [1.54, 1.807) is 0 Å². The van der Waals surface area contributed by atoms with Crippen LogP contribution in [0.25, 0.3) is 78.0 Å². The molecule has 0 aliphatic carbocycles. The Hall–Kier alpha value is -5.66. The number of benzene rings is 7. The minimum Gasteiger partial charge on any atom is -0.305 e. The summed E-state index contributed by atoms with van der Waals surface area (Å²) in [5.74, 6) is 0. The first-order chi connectivity index (χ1) is 23.8. The van der Waals surface area contributed by atoms with Gasteiger partial charge in [-0.3, -0.25) is 0 Å². The van der Waals surface area contributed by atoms with Gasteiger partial charge in [-0.25, -0.2) is 0 Å². The number of aromatic nitrogens is 1. The topological polar surface area (TPSA) is 12.9 Å². The van der Waals surface area contributed by atoms with Crippen LogP contribution in [0.2, 0.25) is 0 Å². The van der Waals surface area contributed by atoms with Crippen molar-refractivity contribution in [1.29, 1.82) is 0 Å². The SMILES string of the molecule is [Ir+3].[c-]1cccc(-c2ccccc2-c2cc(-c3ccccc3-c3c[c-]ccc3)cc(-c3ccccc3-c3c[c-]c(-c4ccccn4)cc3)c2)c1. The van der Waals surface area contributed by atoms with Crippen molar-refractivity contribution in [2.75, 3.05) is 0 Å². The van der Waals surface area contributed by atoms with Gasteiger partial charge in [-0.05, 0) is 63.3 Å². The third-order valence-corrected chi connectivity index (χ3v) is 8.75. The molecule has 1 aromatic heterocycles. The molecule has 0 aliphatic heterocycles. The molecule has 49 heavy (non-hydrogen) atoms. The fourth-order valence-corrected chi connectivity index (χ4v) is 6.45. The van der Waals surface area contributed by atoms with Gasteiger partial charge in [0.25, 0.3) is 0 Å². The Kier molecular flexibility index (Phi) is 9.52. The van der Waals surface area contributed by atoms with Crippen molar-refractivity contribution in [3.63, 3.8) is 0 Å². The van der Waals surface area contributed by atoms with Crippen molar-refractivity contribution in [3.8, 4) is 78.0 Å². The van der Waals surface area contributed by atoms with E-state index >= 15 is 0 Å². The van der Waals surface area contributed by atoms with Crippen molar-refractivity contribution in [1.82, 2.24) is 4.98 Å². The van der Waals surface area contributed by atoms with Crippen molar-refractivity contribution in [3.05, 3.63) is 200 Å². The molecule has 0 aliphatic rings. The van der Waals surface area contributed by atoms with E-state index in [-0.39, 0.29) is 20.1 Å². The standard InChI is InChI=1S/C47H30N.Ir/c1-3-15-34(16-4-1)41-19-7-10-22-44(41)38-31-39(45-23-11-8-20-42(45)35-17-5-2-6-18-35)33-40(32-38)46-24-12-9-21-43(46)36-26-28-37(29-27-36)47-25-13-14-30-48-47;/h1-3,5,7-28,30-33H;/q-3;+3. The number of hydrogen-bond donors (Lipinski definition) is 0. The summed E-state index contributed by atoms with van der Waals surface area (Å²) < 4.78 is 0. The van der Waals surface area contributed by atoms with E-state index in [4.69, 9.17) is 0 Å². The Bertz CT molecular complexity index is 2210. The van der Waals surface area contributed by atoms with E-state index in [0.29, 0.717) is 0 Å². The molecule has 7 aromatic carbocycles. The molecule has 0 unspecified atom stereocenters. The molecular weight excluding hydrogens is 771 g/mol. The van der Waals surface area contributed by atoms with Gasteiger partial charge in [0.05, 0.1) is 0 Å². The minimum atomic E-state index is 0. The second-order valence-corrected chi connectivity index (χ2v) is 11.7. The summed E-state index contributed by atoms with van der Waals surface area (Å²) in [6.45, 7) is 0. The molecule has 1 nitrogen and oxygen atoms in total. The van der Waals surface area contributed by atoms with Crippen molar-refractivity contribution >= 4 is 0 Å². The Morgan fingerprint density at radius 3 is 1.16 bits per heavy atom. The molecule has 0 bridgehead atoms. The maximum absolute atomic E-state index is 4.52. The van der Waals surface area contributed by atoms with Crippen LogP contribution in [0.1, 0.15) is 0 Å². The average Bonchev–Trinajstić information content (AvgIpc) is 3.19. The van der Waals surface area contributed by atoms with E-state index in [1.165, 1.54) is 22.3 Å². The van der Waals surface area contributed by atoms with Crippen LogP contribution in [0.15, 0.2) is 182 Å². The minimum absolute atomic E-state index is 0. The molecule has 1 heterocycles. The predicted molar refractivity (Wildman–Crippen MR) is 199 cm³/mol. The van der Waals surface area contributed by atoms with Crippen LogP contribution >= 0.6 is 0 Å². The fourth-order valence-electron chi connectivity index (χ4n) is 6.45. The van der Waals surface area contributed by atoms with Gasteiger partial charge in [-0.2, -0.15) is 60.7 Å². The van der Waals surface area contributed by atoms with Gasteiger partial charge in [0.15, 0.2) is 0 Å². The normalized spacial score (nSPS) is 10.7. The third kappa shape index (κ3) is 6.71. The molecular formula is C47H30IrN. The summed E-state index contributed by atoms with van der Waals surface area (Å²) >= 11 is 0. The molecule has 0 saturated heterocycles. The predicted octanol–water partition coefficient (Wildman–Crippen LogP) is 12.1. The summed E-state index contributed by atoms with van der Waals surface area (Å²) in [7, 11) is 0. The van der Waals surface area contributed by atoms with Crippen LogP contribution in [-0.2, 0) is 20.1 Å². The first-order valence-corrected chi connectivity index (χ1v) is 16.1. The zero-order chi connectivity index (χ0) is 32.1. The quantitative estimate of drug-likeness (QED) is 0.146. The van der Waals surface area contributed by atoms with E-state index < -0.39 is 0 Å². The molecule has 0 spiro atoms. The van der Waals surface area contributed by atoms with Crippen molar-refractivity contribution in [2.24, 2.45) is 0 Å². The van der Waals surface area contributed by atoms with Gasteiger partial charge in [-0.1, -0.05) is 107 Å². The fraction of sp³-hybridized carbons (Fsp3) is 0. The summed E-state index contributed by atoms with van der Waals surface area (Å²) in [5.41, 5.74) is 15.8. The second-order valence-electron chi connectivity index (χ2n) is 11.7. The molecule has 0 radical (unpaired) electrons. The Morgan fingerprint density at radius 2 is 0.796 bits per heavy atom. The molecule has 0 saturated carbocycles. The molecule has 8 rings (SSSR count). The molecule has 232 valence electrons. The van der Waals surface area contributed by atoms with Crippen LogP contribution < -0.4 is 0 Å². The van der Waals surface area contributed by atoms with Crippen molar-refractivity contribution in [2.45, 2.75) is 0 Å². The number of nitrogens with zero attached hydrogens (tertiary/aromatic N) is 1. The first-order valence-electron chi connectivity index (χ1n) is 16.1. The molecule has 0 fully saturated rings. The smallest absolute Gasteiger partial charge is 0.305 e. The second kappa shape index (κ2) is 14.6. The van der Waals surface area contributed by atoms with Gasteiger partial charge in [-0.15, -0.1) is 41.0 Å². The Morgan fingerprint density at radius 1 is 0.367 bits per heavy atom. The Labute approximate surface area is 302 Å². The summed E-state index contributed by atoms with van der Waals surface area (Å²) in [4.78, 5) is 4.52. The van der Waals surface area contributed by atoms with Crippen LogP contribution in [0, 0.1) is 18.2 Å². The third-order valence-electron chi connectivity index (χ3n) is 8.75. The zero-order valence-corrected chi connectivity index (χ0v) is 29.0. The van der Waals surface area contributed by atoms with Gasteiger partial charge >= 0.3 is 20.1 Å². The largest absolute Gasteiger partial charge is 3.00 e. The van der Waals surface area contributed by atoms with E-state index in [1.807, 2.05) is 48.7 Å². The molecule has 2 heteroatoms. The molecule has 0 atom stereocenters. The molecule has 0 N–H and O–H groups in total. The first kappa shape index (κ1) is 31.9. The van der Waals surface area contributed by atoms with Crippen LogP contribution in [0.5, 0.6) is 0 Å². The summed E-state index contributed by atoms with van der Waals surface area (Å²) in [5, 5.41) is 0. The maximum atomic E-state index is 4.52. The van der Waals surface area contributed by atoms with Crippen molar-refractivity contribution < 1.29 is 20.1 Å².